The van der Waals surface area contributed by atoms with Gasteiger partial charge in [0.2, 0.25) is 0 Å². The summed E-state index contributed by atoms with van der Waals surface area (Å²) in [6, 6.07) is 15.4. The highest BCUT2D eigenvalue weighted by Crippen LogP contribution is 2.34. The summed E-state index contributed by atoms with van der Waals surface area (Å²) in [6.45, 7) is 2.64. The van der Waals surface area contributed by atoms with Crippen LogP contribution >= 0.6 is 0 Å². The molecule has 0 saturated heterocycles. The van der Waals surface area contributed by atoms with Crippen molar-refractivity contribution >= 4 is 22.8 Å². The molecule has 6 heteroatoms. The number of anilines is 1. The predicted molar refractivity (Wildman–Crippen MR) is 118 cm³/mol. The molecule has 1 aliphatic rings. The smallest absolute Gasteiger partial charge is 0.337 e. The molecule has 1 aromatic heterocycles. The Morgan fingerprint density at radius 1 is 1.23 bits per heavy atom. The Bertz CT molecular complexity index is 1070. The molecule has 5 nitrogen and oxygen atoms in total. The number of carbonyl (C=O) groups is 1. The highest BCUT2D eigenvalue weighted by molar-refractivity contribution is 7.91. The first kappa shape index (κ1) is 20.4. The SMILES string of the molecule is Cc1cccc([S+]([O-])c2ccc3c(c2)CCCC3CNc2cnccc2C(=O)O)c1. The zero-order chi connectivity index (χ0) is 21.1. The lowest BCUT2D eigenvalue weighted by molar-refractivity contribution is 0.0697. The van der Waals surface area contributed by atoms with E-state index >= 15 is 0 Å². The molecule has 0 aliphatic heterocycles. The maximum Gasteiger partial charge on any atom is 0.337 e. The van der Waals surface area contributed by atoms with Crippen molar-refractivity contribution in [2.45, 2.75) is 41.9 Å². The molecule has 3 aromatic rings. The molecular formula is C24H24N2O3S. The van der Waals surface area contributed by atoms with Crippen molar-refractivity contribution in [2.24, 2.45) is 0 Å². The van der Waals surface area contributed by atoms with E-state index in [4.69, 9.17) is 0 Å². The number of hydrogen-bond donors (Lipinski definition) is 2. The Balaban J connectivity index is 1.53. The minimum atomic E-state index is -1.20. The molecule has 2 atom stereocenters. The number of nitrogens with zero attached hydrogens (tertiary/aromatic N) is 1. The number of benzene rings is 2. The normalized spacial score (nSPS) is 16.5. The number of pyridine rings is 1. The standard InChI is InChI=1S/C24H24N2O3S/c1-16-4-2-7-19(12-16)30(29)20-8-9-21-17(13-20)5-3-6-18(21)14-26-23-15-25-11-10-22(23)24(27)28/h2,4,7-13,15,18,26H,3,5-6,14H2,1H3,(H,27,28). The summed E-state index contributed by atoms with van der Waals surface area (Å²) < 4.78 is 13.0. The third kappa shape index (κ3) is 4.35. The summed E-state index contributed by atoms with van der Waals surface area (Å²) in [7, 11) is 0. The monoisotopic (exact) mass is 420 g/mol. The van der Waals surface area contributed by atoms with Gasteiger partial charge in [0, 0.05) is 29.8 Å². The zero-order valence-corrected chi connectivity index (χ0v) is 17.6. The Hall–Kier alpha value is -2.83. The van der Waals surface area contributed by atoms with Crippen LogP contribution in [0, 0.1) is 6.92 Å². The van der Waals surface area contributed by atoms with Crippen molar-refractivity contribution in [2.75, 3.05) is 11.9 Å². The molecule has 0 saturated carbocycles. The van der Waals surface area contributed by atoms with E-state index < -0.39 is 17.1 Å². The van der Waals surface area contributed by atoms with Gasteiger partial charge in [0.15, 0.2) is 9.79 Å². The minimum Gasteiger partial charge on any atom is -0.606 e. The fourth-order valence-electron chi connectivity index (χ4n) is 4.04. The molecule has 0 spiro atoms. The third-order valence-electron chi connectivity index (χ3n) is 5.56. The van der Waals surface area contributed by atoms with E-state index in [-0.39, 0.29) is 11.5 Å². The number of carboxylic acids is 1. The number of aryl methyl sites for hydroxylation is 2. The number of carboxylic acid groups (broad SMARTS) is 1. The molecule has 30 heavy (non-hydrogen) atoms. The van der Waals surface area contributed by atoms with Crippen molar-refractivity contribution in [3.63, 3.8) is 0 Å². The van der Waals surface area contributed by atoms with Crippen molar-refractivity contribution in [3.05, 3.63) is 83.2 Å². The van der Waals surface area contributed by atoms with Gasteiger partial charge in [-0.15, -0.1) is 0 Å². The van der Waals surface area contributed by atoms with Crippen molar-refractivity contribution in [1.82, 2.24) is 4.98 Å². The van der Waals surface area contributed by atoms with Crippen LogP contribution in [-0.4, -0.2) is 27.2 Å². The number of rotatable bonds is 6. The van der Waals surface area contributed by atoms with Gasteiger partial charge in [-0.3, -0.25) is 4.98 Å². The fourth-order valence-corrected chi connectivity index (χ4v) is 5.25. The van der Waals surface area contributed by atoms with E-state index in [9.17, 15) is 14.5 Å². The lowest BCUT2D eigenvalue weighted by Crippen LogP contribution is -2.19. The molecule has 1 aliphatic carbocycles. The summed E-state index contributed by atoms with van der Waals surface area (Å²) in [5, 5.41) is 12.6. The molecule has 2 unspecified atom stereocenters. The van der Waals surface area contributed by atoms with E-state index in [1.165, 1.54) is 23.4 Å². The van der Waals surface area contributed by atoms with Gasteiger partial charge >= 0.3 is 5.97 Å². The van der Waals surface area contributed by atoms with Crippen molar-refractivity contribution in [3.8, 4) is 0 Å². The number of aromatic carboxylic acids is 1. The maximum absolute atomic E-state index is 13.0. The third-order valence-corrected chi connectivity index (χ3v) is 6.93. The van der Waals surface area contributed by atoms with Crippen LogP contribution in [0.3, 0.4) is 0 Å². The molecule has 2 N–H and O–H groups in total. The van der Waals surface area contributed by atoms with Gasteiger partial charge in [-0.2, -0.15) is 0 Å². The molecule has 154 valence electrons. The Morgan fingerprint density at radius 3 is 2.87 bits per heavy atom. The van der Waals surface area contributed by atoms with Crippen LogP contribution in [-0.2, 0) is 17.6 Å². The summed E-state index contributed by atoms with van der Waals surface area (Å²) in [5.41, 5.74) is 4.34. The van der Waals surface area contributed by atoms with Crippen LogP contribution < -0.4 is 5.32 Å². The van der Waals surface area contributed by atoms with Gasteiger partial charge in [-0.1, -0.05) is 18.2 Å². The van der Waals surface area contributed by atoms with E-state index in [0.717, 1.165) is 34.6 Å². The van der Waals surface area contributed by atoms with Crippen LogP contribution in [0.4, 0.5) is 5.69 Å². The summed E-state index contributed by atoms with van der Waals surface area (Å²) in [4.78, 5) is 17.1. The van der Waals surface area contributed by atoms with Crippen LogP contribution in [0.25, 0.3) is 0 Å². The summed E-state index contributed by atoms with van der Waals surface area (Å²) in [6.07, 6.45) is 6.10. The second-order valence-electron chi connectivity index (χ2n) is 7.64. The molecule has 2 aromatic carbocycles. The highest BCUT2D eigenvalue weighted by atomic mass is 32.2. The van der Waals surface area contributed by atoms with Gasteiger partial charge in [0.05, 0.1) is 17.4 Å². The molecule has 0 radical (unpaired) electrons. The van der Waals surface area contributed by atoms with Gasteiger partial charge < -0.3 is 15.0 Å². The maximum atomic E-state index is 13.0. The van der Waals surface area contributed by atoms with Gasteiger partial charge in [-0.05, 0) is 73.2 Å². The zero-order valence-electron chi connectivity index (χ0n) is 16.8. The first-order chi connectivity index (χ1) is 14.5. The average Bonchev–Trinajstić information content (AvgIpc) is 2.76. The van der Waals surface area contributed by atoms with E-state index in [1.807, 2.05) is 37.3 Å². The summed E-state index contributed by atoms with van der Waals surface area (Å²) >= 11 is -1.20. The van der Waals surface area contributed by atoms with E-state index in [2.05, 4.69) is 22.4 Å². The first-order valence-electron chi connectivity index (χ1n) is 10.1. The summed E-state index contributed by atoms with van der Waals surface area (Å²) in [5.74, 6) is -0.690. The molecule has 1 heterocycles. The van der Waals surface area contributed by atoms with E-state index in [0.29, 0.717) is 12.2 Å². The van der Waals surface area contributed by atoms with Gasteiger partial charge in [-0.25, -0.2) is 4.79 Å². The minimum absolute atomic E-state index is 0.227. The lowest BCUT2D eigenvalue weighted by atomic mass is 9.83. The quantitative estimate of drug-likeness (QED) is 0.560. The van der Waals surface area contributed by atoms with Crippen molar-refractivity contribution in [1.29, 1.82) is 0 Å². The Morgan fingerprint density at radius 2 is 2.07 bits per heavy atom. The van der Waals surface area contributed by atoms with Crippen LogP contribution in [0.5, 0.6) is 0 Å². The second kappa shape index (κ2) is 8.90. The highest BCUT2D eigenvalue weighted by Gasteiger charge is 2.24. The van der Waals surface area contributed by atoms with Gasteiger partial charge in [0.1, 0.15) is 0 Å². The molecule has 0 amide bonds. The Kier molecular flexibility index (Phi) is 6.06. The topological polar surface area (TPSA) is 85.3 Å². The molecule has 4 rings (SSSR count). The molecule has 0 fully saturated rings. The van der Waals surface area contributed by atoms with Crippen LogP contribution in [0.2, 0.25) is 0 Å². The average molecular weight is 421 g/mol. The second-order valence-corrected chi connectivity index (χ2v) is 9.12. The Labute approximate surface area is 179 Å². The first-order valence-corrected chi connectivity index (χ1v) is 11.2. The molecule has 0 bridgehead atoms. The largest absolute Gasteiger partial charge is 0.606 e. The number of fused-ring (bicyclic) bond motifs is 1. The van der Waals surface area contributed by atoms with Crippen LogP contribution in [0.15, 0.2) is 70.7 Å². The lowest BCUT2D eigenvalue weighted by Gasteiger charge is -2.27. The molecular weight excluding hydrogens is 396 g/mol. The van der Waals surface area contributed by atoms with Crippen LogP contribution in [0.1, 0.15) is 45.8 Å². The van der Waals surface area contributed by atoms with Gasteiger partial charge in [0.25, 0.3) is 0 Å². The van der Waals surface area contributed by atoms with E-state index in [1.54, 1.807) is 6.20 Å². The number of nitrogens with one attached hydrogen (secondary N) is 1. The predicted octanol–water partition coefficient (Wildman–Crippen LogP) is 4.79. The number of hydrogen-bond acceptors (Lipinski definition) is 4. The van der Waals surface area contributed by atoms with Crippen molar-refractivity contribution < 1.29 is 14.5 Å². The number of aromatic nitrogens is 1. The fraction of sp³-hybridized carbons (Fsp3) is 0.250.